The monoisotopic (exact) mass is 546 g/mol. The van der Waals surface area contributed by atoms with Gasteiger partial charge in [0.15, 0.2) is 0 Å². The van der Waals surface area contributed by atoms with Crippen LogP contribution in [0.3, 0.4) is 0 Å². The number of ether oxygens (including phenoxy) is 2. The van der Waals surface area contributed by atoms with Gasteiger partial charge in [0.25, 0.3) is 0 Å². The van der Waals surface area contributed by atoms with E-state index >= 15 is 0 Å². The van der Waals surface area contributed by atoms with Gasteiger partial charge in [0.2, 0.25) is 5.88 Å². The minimum absolute atomic E-state index is 0.0159. The fraction of sp³-hybridized carbons (Fsp3) is 0.367. The number of hydrogen-bond donors (Lipinski definition) is 1. The molecule has 0 atom stereocenters. The van der Waals surface area contributed by atoms with Gasteiger partial charge in [0.1, 0.15) is 12.4 Å². The summed E-state index contributed by atoms with van der Waals surface area (Å²) < 4.78 is 22.4. The summed E-state index contributed by atoms with van der Waals surface area (Å²) in [4.78, 5) is 30.2. The number of hydrogen-bond acceptors (Lipinski definition) is 9. The quantitative estimate of drug-likeness (QED) is 0.405. The molecule has 1 saturated heterocycles. The number of likely N-dealkylation sites (N-methyl/N-ethyl adjacent to an activating group) is 1. The molecule has 1 N–H and O–H groups in total. The molecule has 210 valence electrons. The minimum Gasteiger partial charge on any atom is -0.494 e. The van der Waals surface area contributed by atoms with Gasteiger partial charge in [-0.15, -0.1) is 0 Å². The van der Waals surface area contributed by atoms with Crippen LogP contribution in [-0.4, -0.2) is 66.4 Å². The predicted octanol–water partition coefficient (Wildman–Crippen LogP) is 3.21. The van der Waals surface area contributed by atoms with Crippen molar-refractivity contribution in [3.8, 4) is 22.8 Å². The molecule has 0 amide bonds. The van der Waals surface area contributed by atoms with Crippen molar-refractivity contribution in [3.63, 3.8) is 0 Å². The lowest BCUT2D eigenvalue weighted by Crippen LogP contribution is -2.47. The Morgan fingerprint density at radius 3 is 2.30 bits per heavy atom. The van der Waals surface area contributed by atoms with Crippen LogP contribution in [-0.2, 0) is 25.5 Å². The van der Waals surface area contributed by atoms with Crippen LogP contribution in [0.1, 0.15) is 37.1 Å². The van der Waals surface area contributed by atoms with Crippen molar-refractivity contribution in [2.24, 2.45) is 0 Å². The van der Waals surface area contributed by atoms with Gasteiger partial charge in [0.05, 0.1) is 25.3 Å². The summed E-state index contributed by atoms with van der Waals surface area (Å²) in [6, 6.07) is 16.9. The highest BCUT2D eigenvalue weighted by molar-refractivity contribution is 6.64. The van der Waals surface area contributed by atoms with E-state index in [2.05, 4.69) is 11.1 Å². The number of nitrogens with zero attached hydrogens (tertiary/aromatic N) is 2. The number of carbonyl (C=O) groups is 2. The molecule has 1 aromatic heterocycles. The molecule has 3 aromatic rings. The Labute approximate surface area is 235 Å². The topological polar surface area (TPSA) is 107 Å². The number of benzene rings is 2. The van der Waals surface area contributed by atoms with Gasteiger partial charge in [-0.2, -0.15) is 0 Å². The van der Waals surface area contributed by atoms with Gasteiger partial charge >= 0.3 is 19.1 Å². The van der Waals surface area contributed by atoms with Gasteiger partial charge in [-0.05, 0) is 69.6 Å². The molecular formula is C30H35BN2O7. The molecule has 0 saturated carbocycles. The molecule has 4 rings (SSSR count). The Kier molecular flexibility index (Phi) is 9.12. The zero-order chi connectivity index (χ0) is 28.9. The van der Waals surface area contributed by atoms with Crippen LogP contribution < -0.4 is 14.9 Å². The van der Waals surface area contributed by atoms with Crippen molar-refractivity contribution in [1.29, 1.82) is 0 Å². The highest BCUT2D eigenvalue weighted by atomic mass is 16.6. The molecule has 0 radical (unpaired) electrons. The van der Waals surface area contributed by atoms with E-state index in [0.29, 0.717) is 36.7 Å². The molecule has 1 fully saturated rings. The van der Waals surface area contributed by atoms with Crippen molar-refractivity contribution in [2.75, 3.05) is 26.7 Å². The van der Waals surface area contributed by atoms with E-state index in [1.54, 1.807) is 45.2 Å². The molecule has 1 aliphatic heterocycles. The average molecular weight is 546 g/mol. The van der Waals surface area contributed by atoms with Gasteiger partial charge in [-0.25, -0.2) is 4.98 Å². The summed E-state index contributed by atoms with van der Waals surface area (Å²) in [6.45, 7) is 8.25. The van der Waals surface area contributed by atoms with Gasteiger partial charge in [-0.3, -0.25) is 14.5 Å². The number of carbonyl (C=O) groups excluding carboxylic acids is 2. The van der Waals surface area contributed by atoms with Crippen molar-refractivity contribution in [1.82, 2.24) is 9.88 Å². The number of aliphatic hydroxyl groups is 1. The summed E-state index contributed by atoms with van der Waals surface area (Å²) in [5, 5.41) is 9.90. The largest absolute Gasteiger partial charge is 0.636 e. The Hall–Kier alpha value is -3.89. The number of pyridine rings is 1. The summed E-state index contributed by atoms with van der Waals surface area (Å²) in [5.41, 5.74) is 4.71. The lowest BCUT2D eigenvalue weighted by molar-refractivity contribution is -0.145. The third-order valence-electron chi connectivity index (χ3n) is 6.39. The lowest BCUT2D eigenvalue weighted by atomic mass is 9.78. The van der Waals surface area contributed by atoms with Crippen LogP contribution in [0.25, 0.3) is 11.1 Å². The highest BCUT2D eigenvalue weighted by Gasteiger charge is 2.33. The third-order valence-corrected chi connectivity index (χ3v) is 6.39. The van der Waals surface area contributed by atoms with E-state index in [-0.39, 0.29) is 13.1 Å². The first-order valence-corrected chi connectivity index (χ1v) is 13.2. The first-order chi connectivity index (χ1) is 19.0. The number of aryl methyl sites for hydroxylation is 2. The summed E-state index contributed by atoms with van der Waals surface area (Å²) in [5.74, 6) is 0.240. The van der Waals surface area contributed by atoms with E-state index in [1.807, 2.05) is 38.1 Å². The van der Waals surface area contributed by atoms with Crippen LogP contribution in [0.5, 0.6) is 11.6 Å². The number of aromatic nitrogens is 1. The van der Waals surface area contributed by atoms with Crippen LogP contribution in [0.15, 0.2) is 54.6 Å². The molecule has 2 heterocycles. The molecule has 0 bridgehead atoms. The molecule has 9 nitrogen and oxygen atoms in total. The molecule has 0 aliphatic carbocycles. The molecular weight excluding hydrogens is 511 g/mol. The normalized spacial score (nSPS) is 14.7. The molecule has 1 aliphatic rings. The number of rotatable bonds is 9. The second kappa shape index (κ2) is 12.5. The summed E-state index contributed by atoms with van der Waals surface area (Å²) in [6.07, 6.45) is 0.513. The second-order valence-electron chi connectivity index (χ2n) is 10.7. The van der Waals surface area contributed by atoms with Crippen molar-refractivity contribution < 1.29 is 33.5 Å². The van der Waals surface area contributed by atoms with Crippen LogP contribution in [0, 0.1) is 13.8 Å². The van der Waals surface area contributed by atoms with Gasteiger partial charge in [-0.1, -0.05) is 30.3 Å². The van der Waals surface area contributed by atoms with Gasteiger partial charge in [0, 0.05) is 29.2 Å². The highest BCUT2D eigenvalue weighted by Crippen LogP contribution is 2.30. The second-order valence-corrected chi connectivity index (χ2v) is 10.7. The summed E-state index contributed by atoms with van der Waals surface area (Å²) >= 11 is 0. The van der Waals surface area contributed by atoms with E-state index in [1.165, 1.54) is 4.90 Å². The molecule has 0 unspecified atom stereocenters. The Balaban J connectivity index is 1.40. The Bertz CT molecular complexity index is 1310. The smallest absolute Gasteiger partial charge is 0.494 e. The van der Waals surface area contributed by atoms with Gasteiger partial charge < -0.3 is 23.9 Å². The van der Waals surface area contributed by atoms with Crippen LogP contribution in [0.4, 0.5) is 0 Å². The summed E-state index contributed by atoms with van der Waals surface area (Å²) in [7, 11) is 0.565. The van der Waals surface area contributed by atoms with E-state index in [9.17, 15) is 14.7 Å². The van der Waals surface area contributed by atoms with Crippen molar-refractivity contribution in [2.45, 2.75) is 46.3 Å². The molecule has 2 aromatic carbocycles. The fourth-order valence-corrected chi connectivity index (χ4v) is 4.39. The zero-order valence-corrected chi connectivity index (χ0v) is 23.6. The predicted molar refractivity (Wildman–Crippen MR) is 151 cm³/mol. The SMILES string of the molecule is Cc1cc(OCCC(C)(C)O)nc(C)c1-c1cccc(COc2ccc(B3OC(=O)CN(C)CC(=O)O3)cc2)c1. The standard InChI is InChI=1S/C30H35BN2O7/c1-20-15-26(37-14-13-30(3,4)36)32-21(2)29(20)23-8-6-7-22(16-23)19-38-25-11-9-24(10-12-25)31-39-27(34)17-33(5)18-28(35)40-31/h6-12,15-16,36H,13-14,17-19H2,1-5H3. The molecule has 10 heteroatoms. The maximum atomic E-state index is 12.0. The minimum atomic E-state index is -1.09. The average Bonchev–Trinajstić information content (AvgIpc) is 2.85. The Morgan fingerprint density at radius 2 is 1.68 bits per heavy atom. The maximum Gasteiger partial charge on any atom is 0.636 e. The fourth-order valence-electron chi connectivity index (χ4n) is 4.39. The maximum absolute atomic E-state index is 12.0. The third kappa shape index (κ3) is 8.06. The van der Waals surface area contributed by atoms with Crippen LogP contribution >= 0.6 is 0 Å². The lowest BCUT2D eigenvalue weighted by Gasteiger charge is -2.22. The van der Waals surface area contributed by atoms with E-state index in [4.69, 9.17) is 18.8 Å². The van der Waals surface area contributed by atoms with E-state index < -0.39 is 24.7 Å². The van der Waals surface area contributed by atoms with Crippen LogP contribution in [0.2, 0.25) is 0 Å². The molecule has 0 spiro atoms. The van der Waals surface area contributed by atoms with E-state index in [0.717, 1.165) is 27.9 Å². The Morgan fingerprint density at radius 1 is 1.00 bits per heavy atom. The van der Waals surface area contributed by atoms with Crippen molar-refractivity contribution >= 4 is 24.5 Å². The first kappa shape index (κ1) is 29.1. The zero-order valence-electron chi connectivity index (χ0n) is 23.6. The molecule has 40 heavy (non-hydrogen) atoms. The first-order valence-electron chi connectivity index (χ1n) is 13.2. The van der Waals surface area contributed by atoms with Crippen molar-refractivity contribution in [3.05, 3.63) is 71.4 Å².